The highest BCUT2D eigenvalue weighted by Gasteiger charge is 2.31. The van der Waals surface area contributed by atoms with Crippen LogP contribution in [0.25, 0.3) is 0 Å². The molecule has 0 radical (unpaired) electrons. The Labute approximate surface area is 93.6 Å². The van der Waals surface area contributed by atoms with Crippen LogP contribution in [0.3, 0.4) is 0 Å². The summed E-state index contributed by atoms with van der Waals surface area (Å²) < 4.78 is 4.86. The molecule has 0 unspecified atom stereocenters. The van der Waals surface area contributed by atoms with E-state index in [1.165, 1.54) is 11.8 Å². The third kappa shape index (κ3) is 3.95. The third-order valence-corrected chi connectivity index (χ3v) is 3.11. The molecular weight excluding hydrogens is 214 g/mol. The first kappa shape index (κ1) is 12.1. The molecule has 0 aromatic carbocycles. The molecule has 0 aromatic heterocycles. The van der Waals surface area contributed by atoms with Gasteiger partial charge in [-0.05, 0) is 0 Å². The second kappa shape index (κ2) is 5.80. The number of hydrogen-bond acceptors (Lipinski definition) is 4. The monoisotopic (exact) mass is 229 g/mol. The summed E-state index contributed by atoms with van der Waals surface area (Å²) in [5.74, 6) is 1.22. The van der Waals surface area contributed by atoms with Crippen LogP contribution in [-0.2, 0) is 9.53 Å². The zero-order valence-electron chi connectivity index (χ0n) is 8.77. The Morgan fingerprint density at radius 1 is 1.60 bits per heavy atom. The van der Waals surface area contributed by atoms with E-state index < -0.39 is 0 Å². The predicted molar refractivity (Wildman–Crippen MR) is 59.7 cm³/mol. The first-order valence-electron chi connectivity index (χ1n) is 4.79. The number of nitrogens with zero attached hydrogens (tertiary/aromatic N) is 1. The summed E-state index contributed by atoms with van der Waals surface area (Å²) in [6.07, 6.45) is 1.25. The molecule has 0 aromatic rings. The molecule has 0 spiro atoms. The summed E-state index contributed by atoms with van der Waals surface area (Å²) in [6.45, 7) is 6.65. The third-order valence-electron chi connectivity index (χ3n) is 2.06. The highest BCUT2D eigenvalue weighted by atomic mass is 32.2. The van der Waals surface area contributed by atoms with Crippen LogP contribution in [-0.4, -0.2) is 41.6 Å². The summed E-state index contributed by atoms with van der Waals surface area (Å²) in [4.78, 5) is 23.6. The van der Waals surface area contributed by atoms with Crippen LogP contribution in [0.2, 0.25) is 0 Å². The van der Waals surface area contributed by atoms with Gasteiger partial charge in [0.15, 0.2) is 5.12 Å². The van der Waals surface area contributed by atoms with Gasteiger partial charge in [-0.2, -0.15) is 0 Å². The zero-order valence-corrected chi connectivity index (χ0v) is 9.59. The fraction of sp³-hybridized carbons (Fsp3) is 0.600. The minimum absolute atomic E-state index is 0.127. The van der Waals surface area contributed by atoms with E-state index in [0.717, 1.165) is 5.75 Å². The number of thioether (sulfide) groups is 1. The maximum absolute atomic E-state index is 11.3. The van der Waals surface area contributed by atoms with Gasteiger partial charge in [0.2, 0.25) is 0 Å². The molecular formula is C10H15NO3S. The van der Waals surface area contributed by atoms with Gasteiger partial charge < -0.3 is 9.64 Å². The number of ether oxygens (including phenoxy) is 1. The molecule has 0 saturated carbocycles. The Morgan fingerprint density at radius 2 is 2.27 bits per heavy atom. The molecule has 1 aliphatic rings. The van der Waals surface area contributed by atoms with E-state index in [1.807, 2.05) is 0 Å². The minimum atomic E-state index is -0.293. The van der Waals surface area contributed by atoms with Crippen LogP contribution in [0, 0.1) is 5.92 Å². The average molecular weight is 229 g/mol. The lowest BCUT2D eigenvalue weighted by molar-refractivity contribution is -0.109. The van der Waals surface area contributed by atoms with Gasteiger partial charge in [-0.15, -0.1) is 0 Å². The summed E-state index contributed by atoms with van der Waals surface area (Å²) in [7, 11) is 0. The van der Waals surface area contributed by atoms with Crippen LogP contribution in [0.1, 0.15) is 6.92 Å². The first-order chi connectivity index (χ1) is 7.13. The molecule has 0 N–H and O–H groups in total. The van der Waals surface area contributed by atoms with Crippen molar-refractivity contribution >= 4 is 23.0 Å². The van der Waals surface area contributed by atoms with Gasteiger partial charge in [0, 0.05) is 31.7 Å². The van der Waals surface area contributed by atoms with Gasteiger partial charge in [0.1, 0.15) is 6.61 Å². The summed E-state index contributed by atoms with van der Waals surface area (Å²) in [6, 6.07) is 0. The Bertz CT molecular complexity index is 261. The van der Waals surface area contributed by atoms with Gasteiger partial charge in [0.25, 0.3) is 0 Å². The fourth-order valence-electron chi connectivity index (χ4n) is 1.28. The molecule has 1 rings (SSSR count). The van der Waals surface area contributed by atoms with Crippen molar-refractivity contribution in [3.63, 3.8) is 0 Å². The molecule has 1 heterocycles. The van der Waals surface area contributed by atoms with Crippen molar-refractivity contribution in [1.29, 1.82) is 0 Å². The number of hydrogen-bond donors (Lipinski definition) is 0. The molecule has 1 saturated heterocycles. The van der Waals surface area contributed by atoms with Gasteiger partial charge in [-0.25, -0.2) is 4.79 Å². The maximum atomic E-state index is 11.3. The van der Waals surface area contributed by atoms with E-state index in [2.05, 4.69) is 6.58 Å². The van der Waals surface area contributed by atoms with Crippen molar-refractivity contribution in [2.45, 2.75) is 6.92 Å². The molecule has 84 valence electrons. The minimum Gasteiger partial charge on any atom is -0.445 e. The smallest absolute Gasteiger partial charge is 0.410 e. The Hall–Kier alpha value is -0.970. The molecule has 0 atom stereocenters. The molecule has 15 heavy (non-hydrogen) atoms. The van der Waals surface area contributed by atoms with Crippen molar-refractivity contribution < 1.29 is 14.3 Å². The van der Waals surface area contributed by atoms with E-state index in [9.17, 15) is 9.59 Å². The average Bonchev–Trinajstić information content (AvgIpc) is 2.11. The molecule has 1 fully saturated rings. The normalized spacial score (nSPS) is 15.7. The lowest BCUT2D eigenvalue weighted by Crippen LogP contribution is -2.51. The largest absolute Gasteiger partial charge is 0.445 e. The molecule has 1 aliphatic heterocycles. The first-order valence-corrected chi connectivity index (χ1v) is 5.78. The molecule has 1 amide bonds. The molecule has 4 nitrogen and oxygen atoms in total. The maximum Gasteiger partial charge on any atom is 0.410 e. The topological polar surface area (TPSA) is 46.6 Å². The molecule has 5 heteroatoms. The van der Waals surface area contributed by atoms with Gasteiger partial charge in [-0.1, -0.05) is 24.4 Å². The van der Waals surface area contributed by atoms with E-state index >= 15 is 0 Å². The number of carbonyl (C=O) groups is 2. The number of rotatable bonds is 4. The standard InChI is InChI=1S/C10H15NO3S/c1-3-4-14-10(13)11-5-9(6-11)7-15-8(2)12/h3,9H,1,4-7H2,2H3. The van der Waals surface area contributed by atoms with Crippen LogP contribution in [0.5, 0.6) is 0 Å². The summed E-state index contributed by atoms with van der Waals surface area (Å²) in [5, 5.41) is 0.127. The quantitative estimate of drug-likeness (QED) is 0.686. The summed E-state index contributed by atoms with van der Waals surface area (Å²) >= 11 is 1.31. The Morgan fingerprint density at radius 3 is 2.80 bits per heavy atom. The van der Waals surface area contributed by atoms with E-state index in [0.29, 0.717) is 19.0 Å². The Balaban J connectivity index is 2.11. The van der Waals surface area contributed by atoms with Crippen LogP contribution >= 0.6 is 11.8 Å². The zero-order chi connectivity index (χ0) is 11.3. The van der Waals surface area contributed by atoms with Crippen molar-refractivity contribution in [2.24, 2.45) is 5.92 Å². The second-order valence-electron chi connectivity index (χ2n) is 3.44. The van der Waals surface area contributed by atoms with Crippen LogP contribution in [0.15, 0.2) is 12.7 Å². The van der Waals surface area contributed by atoms with Gasteiger partial charge in [-0.3, -0.25) is 4.79 Å². The van der Waals surface area contributed by atoms with Crippen LogP contribution < -0.4 is 0 Å². The number of likely N-dealkylation sites (tertiary alicyclic amines) is 1. The number of carbonyl (C=O) groups excluding carboxylic acids is 2. The predicted octanol–water partition coefficient (Wildman–Crippen LogP) is 1.52. The highest BCUT2D eigenvalue weighted by Crippen LogP contribution is 2.21. The van der Waals surface area contributed by atoms with E-state index in [1.54, 1.807) is 17.9 Å². The SMILES string of the molecule is C=CCOC(=O)N1CC(CSC(C)=O)C1. The van der Waals surface area contributed by atoms with Crippen molar-refractivity contribution in [3.8, 4) is 0 Å². The van der Waals surface area contributed by atoms with E-state index in [4.69, 9.17) is 4.74 Å². The highest BCUT2D eigenvalue weighted by molar-refractivity contribution is 8.13. The van der Waals surface area contributed by atoms with Gasteiger partial charge >= 0.3 is 6.09 Å². The lowest BCUT2D eigenvalue weighted by Gasteiger charge is -2.37. The van der Waals surface area contributed by atoms with Crippen molar-refractivity contribution in [1.82, 2.24) is 4.90 Å². The van der Waals surface area contributed by atoms with Crippen molar-refractivity contribution in [2.75, 3.05) is 25.4 Å². The molecule has 0 aliphatic carbocycles. The second-order valence-corrected chi connectivity index (χ2v) is 4.64. The lowest BCUT2D eigenvalue weighted by atomic mass is 10.0. The van der Waals surface area contributed by atoms with Gasteiger partial charge in [0.05, 0.1) is 0 Å². The Kier molecular flexibility index (Phi) is 4.68. The van der Waals surface area contributed by atoms with Crippen molar-refractivity contribution in [3.05, 3.63) is 12.7 Å². The number of amides is 1. The fourth-order valence-corrected chi connectivity index (χ4v) is 1.96. The van der Waals surface area contributed by atoms with Crippen LogP contribution in [0.4, 0.5) is 4.79 Å². The summed E-state index contributed by atoms with van der Waals surface area (Å²) in [5.41, 5.74) is 0. The van der Waals surface area contributed by atoms with E-state index in [-0.39, 0.29) is 17.8 Å². The molecule has 0 bridgehead atoms.